The summed E-state index contributed by atoms with van der Waals surface area (Å²) in [7, 11) is 0. The molecule has 0 bridgehead atoms. The molecule has 6 nitrogen and oxygen atoms in total. The average Bonchev–Trinajstić information content (AvgIpc) is 3.18. The lowest BCUT2D eigenvalue weighted by Crippen LogP contribution is -2.14. The van der Waals surface area contributed by atoms with Gasteiger partial charge in [-0.25, -0.2) is 9.78 Å². The number of carbonyl (C=O) groups excluding carboxylic acids is 1. The van der Waals surface area contributed by atoms with Crippen molar-refractivity contribution >= 4 is 27.5 Å². The van der Waals surface area contributed by atoms with Gasteiger partial charge in [-0.3, -0.25) is 4.79 Å². The molecular weight excluding hydrogens is 328 g/mol. The van der Waals surface area contributed by atoms with E-state index in [0.717, 1.165) is 29.7 Å². The molecule has 0 aromatic carbocycles. The number of fused-ring (bicyclic) bond motifs is 3. The smallest absolute Gasteiger partial charge is 0.342 e. The van der Waals surface area contributed by atoms with Gasteiger partial charge < -0.3 is 14.1 Å². The fraction of sp³-hybridized carbons (Fsp3) is 0.353. The maximum Gasteiger partial charge on any atom is 0.342 e. The number of aryl methyl sites for hydroxylation is 4. The second kappa shape index (κ2) is 5.59. The molecule has 1 aliphatic carbocycles. The summed E-state index contributed by atoms with van der Waals surface area (Å²) in [4.78, 5) is 33.6. The second-order valence-corrected chi connectivity index (χ2v) is 7.04. The Balaban J connectivity index is 1.58. The standard InChI is InChI=1S/C17H16N2O4S/c1-8-6-11(9(2)23-8)17(21)22-7-13-18-15(20)14-10-4-3-5-12(10)24-16(14)19-13/h6H,3-5,7H2,1-2H3,(H,18,19,20). The van der Waals surface area contributed by atoms with E-state index in [-0.39, 0.29) is 12.2 Å². The molecule has 7 heteroatoms. The molecule has 124 valence electrons. The summed E-state index contributed by atoms with van der Waals surface area (Å²) in [6.07, 6.45) is 3.05. The Morgan fingerprint density at radius 1 is 1.42 bits per heavy atom. The van der Waals surface area contributed by atoms with Crippen molar-refractivity contribution in [3.63, 3.8) is 0 Å². The molecule has 0 atom stereocenters. The van der Waals surface area contributed by atoms with Gasteiger partial charge in [0.2, 0.25) is 0 Å². The number of nitrogens with zero attached hydrogens (tertiary/aromatic N) is 1. The molecule has 0 radical (unpaired) electrons. The number of hydrogen-bond acceptors (Lipinski definition) is 6. The molecule has 0 fully saturated rings. The van der Waals surface area contributed by atoms with Gasteiger partial charge in [-0.2, -0.15) is 0 Å². The van der Waals surface area contributed by atoms with Crippen LogP contribution in [0.25, 0.3) is 10.2 Å². The number of thiophene rings is 1. The molecule has 3 heterocycles. The number of carbonyl (C=O) groups is 1. The van der Waals surface area contributed by atoms with Crippen LogP contribution in [0.5, 0.6) is 0 Å². The first-order valence-electron chi connectivity index (χ1n) is 7.80. The average molecular weight is 344 g/mol. The highest BCUT2D eigenvalue weighted by atomic mass is 32.1. The zero-order valence-electron chi connectivity index (χ0n) is 13.4. The highest BCUT2D eigenvalue weighted by Gasteiger charge is 2.21. The third-order valence-electron chi connectivity index (χ3n) is 4.22. The van der Waals surface area contributed by atoms with Gasteiger partial charge in [-0.1, -0.05) is 0 Å². The van der Waals surface area contributed by atoms with Crippen LogP contribution in [-0.4, -0.2) is 15.9 Å². The zero-order chi connectivity index (χ0) is 16.8. The lowest BCUT2D eigenvalue weighted by atomic mass is 10.2. The summed E-state index contributed by atoms with van der Waals surface area (Å²) in [5, 5.41) is 0.698. The van der Waals surface area contributed by atoms with Crippen molar-refractivity contribution < 1.29 is 13.9 Å². The zero-order valence-corrected chi connectivity index (χ0v) is 14.2. The summed E-state index contributed by atoms with van der Waals surface area (Å²) in [6, 6.07) is 1.64. The molecule has 1 aliphatic rings. The minimum Gasteiger partial charge on any atom is -0.466 e. The van der Waals surface area contributed by atoms with E-state index in [1.54, 1.807) is 31.3 Å². The number of furan rings is 1. The first-order chi connectivity index (χ1) is 11.5. The number of aromatic nitrogens is 2. The van der Waals surface area contributed by atoms with E-state index in [1.165, 1.54) is 4.88 Å². The Hall–Kier alpha value is -2.41. The van der Waals surface area contributed by atoms with Crippen LogP contribution in [0.2, 0.25) is 0 Å². The van der Waals surface area contributed by atoms with Crippen LogP contribution in [0, 0.1) is 13.8 Å². The fourth-order valence-corrected chi connectivity index (χ4v) is 4.44. The molecule has 3 aromatic rings. The van der Waals surface area contributed by atoms with E-state index >= 15 is 0 Å². The van der Waals surface area contributed by atoms with Gasteiger partial charge in [-0.05, 0) is 44.7 Å². The van der Waals surface area contributed by atoms with Crippen LogP contribution < -0.4 is 5.56 Å². The Kier molecular flexibility index (Phi) is 3.53. The number of ether oxygens (including phenoxy) is 1. The van der Waals surface area contributed by atoms with Crippen LogP contribution in [0.1, 0.15) is 44.6 Å². The van der Waals surface area contributed by atoms with E-state index in [0.29, 0.717) is 28.3 Å². The van der Waals surface area contributed by atoms with Crippen molar-refractivity contribution in [1.29, 1.82) is 0 Å². The predicted octanol–water partition coefficient (Wildman–Crippen LogP) is 3.04. The minimum absolute atomic E-state index is 0.0732. The Morgan fingerprint density at radius 2 is 2.25 bits per heavy atom. The third kappa shape index (κ3) is 2.45. The molecule has 3 aromatic heterocycles. The number of H-pyrrole nitrogens is 1. The van der Waals surface area contributed by atoms with Gasteiger partial charge in [0.25, 0.3) is 5.56 Å². The molecular formula is C17H16N2O4S. The van der Waals surface area contributed by atoms with Crippen molar-refractivity contribution in [2.45, 2.75) is 39.7 Å². The van der Waals surface area contributed by atoms with Gasteiger partial charge in [0.1, 0.15) is 34.3 Å². The summed E-state index contributed by atoms with van der Waals surface area (Å²) in [5.41, 5.74) is 1.38. The fourth-order valence-electron chi connectivity index (χ4n) is 3.16. The first kappa shape index (κ1) is 15.1. The second-order valence-electron chi connectivity index (χ2n) is 5.95. The van der Waals surface area contributed by atoms with Crippen LogP contribution >= 0.6 is 11.3 Å². The van der Waals surface area contributed by atoms with Gasteiger partial charge in [0.15, 0.2) is 0 Å². The summed E-state index contributed by atoms with van der Waals surface area (Å²) < 4.78 is 10.6. The van der Waals surface area contributed by atoms with Gasteiger partial charge in [0.05, 0.1) is 5.39 Å². The maximum atomic E-state index is 12.3. The van der Waals surface area contributed by atoms with Crippen molar-refractivity contribution in [3.8, 4) is 0 Å². The SMILES string of the molecule is Cc1cc(C(=O)OCc2nc3sc4c(c3c(=O)[nH]2)CCC4)c(C)o1. The minimum atomic E-state index is -0.485. The number of nitrogens with one attached hydrogen (secondary N) is 1. The Morgan fingerprint density at radius 3 is 3.00 bits per heavy atom. The van der Waals surface area contributed by atoms with E-state index in [2.05, 4.69) is 9.97 Å². The molecule has 0 unspecified atom stereocenters. The molecule has 0 spiro atoms. The summed E-state index contributed by atoms with van der Waals surface area (Å²) in [5.74, 6) is 1.05. The lowest BCUT2D eigenvalue weighted by molar-refractivity contribution is 0.0460. The molecule has 0 saturated heterocycles. The highest BCUT2D eigenvalue weighted by molar-refractivity contribution is 7.18. The Bertz CT molecular complexity index is 1010. The van der Waals surface area contributed by atoms with E-state index in [1.807, 2.05) is 0 Å². The summed E-state index contributed by atoms with van der Waals surface area (Å²) >= 11 is 1.56. The summed E-state index contributed by atoms with van der Waals surface area (Å²) in [6.45, 7) is 3.41. The van der Waals surface area contributed by atoms with Crippen molar-refractivity contribution in [1.82, 2.24) is 9.97 Å². The maximum absolute atomic E-state index is 12.3. The normalized spacial score (nSPS) is 13.4. The van der Waals surface area contributed by atoms with Crippen LogP contribution in [0.3, 0.4) is 0 Å². The lowest BCUT2D eigenvalue weighted by Gasteiger charge is -2.04. The van der Waals surface area contributed by atoms with E-state index in [9.17, 15) is 9.59 Å². The first-order valence-corrected chi connectivity index (χ1v) is 8.62. The third-order valence-corrected chi connectivity index (χ3v) is 5.41. The quantitative estimate of drug-likeness (QED) is 0.738. The highest BCUT2D eigenvalue weighted by Crippen LogP contribution is 2.34. The molecule has 24 heavy (non-hydrogen) atoms. The Labute approximate surface area is 141 Å². The van der Waals surface area contributed by atoms with Crippen LogP contribution in [-0.2, 0) is 24.2 Å². The van der Waals surface area contributed by atoms with Gasteiger partial charge in [0, 0.05) is 4.88 Å². The number of rotatable bonds is 3. The van der Waals surface area contributed by atoms with Gasteiger partial charge >= 0.3 is 5.97 Å². The molecule has 0 saturated carbocycles. The van der Waals surface area contributed by atoms with Crippen molar-refractivity contribution in [2.24, 2.45) is 0 Å². The number of esters is 1. The predicted molar refractivity (Wildman–Crippen MR) is 89.6 cm³/mol. The molecule has 4 rings (SSSR count). The number of aromatic amines is 1. The van der Waals surface area contributed by atoms with Crippen molar-refractivity contribution in [2.75, 3.05) is 0 Å². The van der Waals surface area contributed by atoms with E-state index in [4.69, 9.17) is 9.15 Å². The van der Waals surface area contributed by atoms with Gasteiger partial charge in [-0.15, -0.1) is 11.3 Å². The van der Waals surface area contributed by atoms with E-state index < -0.39 is 5.97 Å². The topological polar surface area (TPSA) is 85.2 Å². The van der Waals surface area contributed by atoms with Crippen LogP contribution in [0.15, 0.2) is 15.3 Å². The number of hydrogen-bond donors (Lipinski definition) is 1. The monoisotopic (exact) mass is 344 g/mol. The molecule has 0 amide bonds. The molecule has 1 N–H and O–H groups in total. The van der Waals surface area contributed by atoms with Crippen LogP contribution in [0.4, 0.5) is 0 Å². The largest absolute Gasteiger partial charge is 0.466 e. The molecule has 0 aliphatic heterocycles. The van der Waals surface area contributed by atoms with Crippen molar-refractivity contribution in [3.05, 3.63) is 49.8 Å².